The van der Waals surface area contributed by atoms with E-state index in [2.05, 4.69) is 12.1 Å². The summed E-state index contributed by atoms with van der Waals surface area (Å²) in [6, 6.07) is 17.3. The molecule has 2 aromatic rings. The van der Waals surface area contributed by atoms with E-state index >= 15 is 0 Å². The average molecular weight is 357 g/mol. The highest BCUT2D eigenvalue weighted by Gasteiger charge is 2.49. The molecule has 2 saturated heterocycles. The molecule has 0 radical (unpaired) electrons. The number of benzene rings is 2. The quantitative estimate of drug-likeness (QED) is 0.844. The number of hydrogen-bond acceptors (Lipinski definition) is 3. The Morgan fingerprint density at radius 2 is 1.76 bits per heavy atom. The van der Waals surface area contributed by atoms with Gasteiger partial charge in [0.05, 0.1) is 4.90 Å². The third-order valence-corrected chi connectivity index (χ3v) is 7.21. The van der Waals surface area contributed by atoms with Crippen LogP contribution in [0.15, 0.2) is 59.5 Å². The first-order chi connectivity index (χ1) is 12.1. The Morgan fingerprint density at radius 1 is 1.04 bits per heavy atom. The highest BCUT2D eigenvalue weighted by molar-refractivity contribution is 7.89. The van der Waals surface area contributed by atoms with E-state index in [0.717, 1.165) is 18.4 Å². The molecule has 2 fully saturated rings. The summed E-state index contributed by atoms with van der Waals surface area (Å²) in [4.78, 5) is 0.347. The molecular weight excluding hydrogens is 334 g/mol. The summed E-state index contributed by atoms with van der Waals surface area (Å²) in [5.41, 5.74) is 2.25. The number of hydrogen-bond donors (Lipinski definition) is 0. The molecule has 2 aliphatic heterocycles. The van der Waals surface area contributed by atoms with Crippen LogP contribution in [-0.2, 0) is 14.8 Å². The second kappa shape index (κ2) is 6.56. The Bertz CT molecular complexity index is 833. The molecule has 0 unspecified atom stereocenters. The van der Waals surface area contributed by atoms with E-state index in [1.54, 1.807) is 16.4 Å². The Hall–Kier alpha value is -1.69. The van der Waals surface area contributed by atoms with Crippen LogP contribution in [0.25, 0.3) is 0 Å². The highest BCUT2D eigenvalue weighted by atomic mass is 32.2. The van der Waals surface area contributed by atoms with Crippen molar-refractivity contribution < 1.29 is 13.2 Å². The second-order valence-electron chi connectivity index (χ2n) is 6.97. The minimum absolute atomic E-state index is 0.187. The topological polar surface area (TPSA) is 46.6 Å². The van der Waals surface area contributed by atoms with Gasteiger partial charge >= 0.3 is 0 Å². The molecule has 3 atom stereocenters. The third-order valence-electron chi connectivity index (χ3n) is 5.37. The van der Waals surface area contributed by atoms with Crippen LogP contribution in [0.3, 0.4) is 0 Å². The van der Waals surface area contributed by atoms with E-state index in [1.807, 2.05) is 37.3 Å². The van der Waals surface area contributed by atoms with E-state index in [4.69, 9.17) is 4.74 Å². The van der Waals surface area contributed by atoms with E-state index in [9.17, 15) is 8.42 Å². The van der Waals surface area contributed by atoms with Crippen molar-refractivity contribution in [3.63, 3.8) is 0 Å². The van der Waals surface area contributed by atoms with Crippen LogP contribution in [0.2, 0.25) is 0 Å². The summed E-state index contributed by atoms with van der Waals surface area (Å²) in [5.74, 6) is 0.406. The van der Waals surface area contributed by atoms with Crippen LogP contribution in [-0.4, -0.2) is 32.1 Å². The first-order valence-electron chi connectivity index (χ1n) is 8.82. The number of fused-ring (bicyclic) bond motifs is 1. The largest absolute Gasteiger partial charge is 0.362 e. The van der Waals surface area contributed by atoms with E-state index in [-0.39, 0.29) is 18.1 Å². The van der Waals surface area contributed by atoms with Gasteiger partial charge in [0.15, 0.2) is 0 Å². The fraction of sp³-hybridized carbons (Fsp3) is 0.400. The molecular formula is C20H23NO3S. The molecule has 0 spiro atoms. The van der Waals surface area contributed by atoms with Crippen molar-refractivity contribution in [1.29, 1.82) is 0 Å². The average Bonchev–Trinajstić information content (AvgIpc) is 3.03. The number of sulfonamides is 1. The lowest BCUT2D eigenvalue weighted by atomic mass is 9.84. The van der Waals surface area contributed by atoms with Crippen molar-refractivity contribution in [2.45, 2.75) is 36.8 Å². The van der Waals surface area contributed by atoms with Crippen molar-refractivity contribution in [3.8, 4) is 0 Å². The van der Waals surface area contributed by atoms with Crippen molar-refractivity contribution >= 4 is 10.0 Å². The number of nitrogens with zero attached hydrogens (tertiary/aromatic N) is 1. The molecule has 2 aliphatic rings. The van der Waals surface area contributed by atoms with Crippen molar-refractivity contribution in [3.05, 3.63) is 65.7 Å². The van der Waals surface area contributed by atoms with Gasteiger partial charge in [-0.05, 0) is 37.5 Å². The molecule has 0 amide bonds. The summed E-state index contributed by atoms with van der Waals surface area (Å²) in [6.07, 6.45) is 1.64. The lowest BCUT2D eigenvalue weighted by Gasteiger charge is -2.32. The molecule has 0 aromatic heterocycles. The fourth-order valence-electron chi connectivity index (χ4n) is 4.05. The molecule has 132 valence electrons. The molecule has 0 aliphatic carbocycles. The Balaban J connectivity index is 1.70. The molecule has 4 nitrogen and oxygen atoms in total. The summed E-state index contributed by atoms with van der Waals surface area (Å²) < 4.78 is 34.0. The molecule has 0 saturated carbocycles. The van der Waals surface area contributed by atoms with Crippen molar-refractivity contribution in [1.82, 2.24) is 4.31 Å². The van der Waals surface area contributed by atoms with Crippen molar-refractivity contribution in [2.75, 3.05) is 13.2 Å². The molecule has 2 heterocycles. The Labute approximate surface area is 149 Å². The maximum atomic E-state index is 13.2. The smallest absolute Gasteiger partial charge is 0.245 e. The fourth-order valence-corrected chi connectivity index (χ4v) is 5.65. The zero-order valence-corrected chi connectivity index (χ0v) is 15.2. The lowest BCUT2D eigenvalue weighted by molar-refractivity contribution is -0.0582. The lowest BCUT2D eigenvalue weighted by Crippen LogP contribution is -2.41. The minimum Gasteiger partial charge on any atom is -0.362 e. The van der Waals surface area contributed by atoms with Gasteiger partial charge in [-0.2, -0.15) is 4.31 Å². The van der Waals surface area contributed by atoms with E-state index in [1.165, 1.54) is 5.56 Å². The highest BCUT2D eigenvalue weighted by Crippen LogP contribution is 2.44. The number of rotatable bonds is 3. The van der Waals surface area contributed by atoms with Gasteiger partial charge < -0.3 is 4.74 Å². The molecule has 2 aromatic carbocycles. The van der Waals surface area contributed by atoms with Gasteiger partial charge in [-0.1, -0.05) is 48.0 Å². The van der Waals surface area contributed by atoms with Crippen LogP contribution in [0.1, 0.15) is 29.9 Å². The van der Waals surface area contributed by atoms with Crippen LogP contribution in [0.4, 0.5) is 0 Å². The molecule has 25 heavy (non-hydrogen) atoms. The first kappa shape index (κ1) is 16.8. The van der Waals surface area contributed by atoms with Gasteiger partial charge in [0.25, 0.3) is 0 Å². The predicted molar refractivity (Wildman–Crippen MR) is 96.7 cm³/mol. The molecule has 4 rings (SSSR count). The standard InChI is InChI=1S/C20H23NO3S/c1-15-9-11-17(12-10-15)25(22,23)21-14-19(16-6-3-2-4-7-16)18-8-5-13-24-20(18)21/h2-4,6-7,9-12,18-20H,5,8,13-14H2,1H3/t18-,19-,20-/m1/s1. The minimum atomic E-state index is -3.56. The normalized spacial score (nSPS) is 27.2. The first-order valence-corrected chi connectivity index (χ1v) is 10.3. The van der Waals surface area contributed by atoms with Crippen LogP contribution in [0, 0.1) is 12.8 Å². The summed E-state index contributed by atoms with van der Waals surface area (Å²) >= 11 is 0. The second-order valence-corrected chi connectivity index (χ2v) is 8.86. The van der Waals surface area contributed by atoms with Gasteiger partial charge in [-0.15, -0.1) is 0 Å². The third kappa shape index (κ3) is 3.01. The predicted octanol–water partition coefficient (Wildman–Crippen LogP) is 3.54. The maximum Gasteiger partial charge on any atom is 0.245 e. The monoisotopic (exact) mass is 357 g/mol. The van der Waals surface area contributed by atoms with E-state index < -0.39 is 10.0 Å². The van der Waals surface area contributed by atoms with Gasteiger partial charge in [-0.25, -0.2) is 8.42 Å². The maximum absolute atomic E-state index is 13.2. The number of ether oxygens (including phenoxy) is 1. The summed E-state index contributed by atoms with van der Waals surface area (Å²) in [6.45, 7) is 3.07. The summed E-state index contributed by atoms with van der Waals surface area (Å²) in [5, 5.41) is 0. The van der Waals surface area contributed by atoms with Crippen LogP contribution < -0.4 is 0 Å². The van der Waals surface area contributed by atoms with E-state index in [0.29, 0.717) is 18.0 Å². The zero-order chi connectivity index (χ0) is 17.4. The van der Waals surface area contributed by atoms with Gasteiger partial charge in [0, 0.05) is 25.0 Å². The Morgan fingerprint density at radius 3 is 2.48 bits per heavy atom. The summed E-state index contributed by atoms with van der Waals surface area (Å²) in [7, 11) is -3.56. The van der Waals surface area contributed by atoms with Crippen LogP contribution in [0.5, 0.6) is 0 Å². The number of aryl methyl sites for hydroxylation is 1. The molecule has 5 heteroatoms. The van der Waals surface area contributed by atoms with Crippen LogP contribution >= 0.6 is 0 Å². The molecule has 0 N–H and O–H groups in total. The molecule has 0 bridgehead atoms. The van der Waals surface area contributed by atoms with Gasteiger partial charge in [-0.3, -0.25) is 0 Å². The van der Waals surface area contributed by atoms with Gasteiger partial charge in [0.2, 0.25) is 10.0 Å². The Kier molecular flexibility index (Phi) is 4.40. The SMILES string of the molecule is Cc1ccc(S(=O)(=O)N2C[C@H](c3ccccc3)[C@H]3CCCO[C@H]32)cc1. The van der Waals surface area contributed by atoms with Gasteiger partial charge in [0.1, 0.15) is 6.23 Å². The zero-order valence-electron chi connectivity index (χ0n) is 14.3. The van der Waals surface area contributed by atoms with Crippen molar-refractivity contribution in [2.24, 2.45) is 5.92 Å².